The summed E-state index contributed by atoms with van der Waals surface area (Å²) >= 11 is 5.44. The molecule has 0 spiro atoms. The molecule has 0 unspecified atom stereocenters. The van der Waals surface area contributed by atoms with E-state index in [9.17, 15) is 0 Å². The number of aromatic nitrogens is 2. The van der Waals surface area contributed by atoms with E-state index < -0.39 is 0 Å². The number of aryl methyl sites for hydroxylation is 2. The van der Waals surface area contributed by atoms with Gasteiger partial charge in [0.05, 0.1) is 5.69 Å². The Morgan fingerprint density at radius 1 is 1.00 bits per heavy atom. The maximum absolute atomic E-state index is 5.44. The third-order valence-corrected chi connectivity index (χ3v) is 4.00. The molecule has 2 aromatic carbocycles. The van der Waals surface area contributed by atoms with Crippen molar-refractivity contribution in [2.75, 3.05) is 0 Å². The number of H-pyrrole nitrogens is 1. The molecular formula is C18H18N2S. The van der Waals surface area contributed by atoms with Crippen LogP contribution in [0.4, 0.5) is 0 Å². The highest BCUT2D eigenvalue weighted by Gasteiger charge is 2.05. The summed E-state index contributed by atoms with van der Waals surface area (Å²) in [7, 11) is 0. The van der Waals surface area contributed by atoms with Crippen LogP contribution in [0.3, 0.4) is 0 Å². The van der Waals surface area contributed by atoms with Crippen molar-refractivity contribution in [2.45, 2.75) is 20.3 Å². The minimum absolute atomic E-state index is 0.716. The molecule has 0 amide bonds. The highest BCUT2D eigenvalue weighted by molar-refractivity contribution is 7.71. The van der Waals surface area contributed by atoms with E-state index in [1.54, 1.807) is 0 Å². The minimum atomic E-state index is 0.716. The lowest BCUT2D eigenvalue weighted by molar-refractivity contribution is 1.03. The number of hydrogen-bond acceptors (Lipinski definition) is 1. The molecule has 0 saturated heterocycles. The molecule has 106 valence electrons. The van der Waals surface area contributed by atoms with Crippen molar-refractivity contribution >= 4 is 12.2 Å². The highest BCUT2D eigenvalue weighted by Crippen LogP contribution is 2.21. The smallest absolute Gasteiger partial charge is 0.182 e. The average molecular weight is 294 g/mol. The third kappa shape index (κ3) is 2.83. The Hall–Kier alpha value is -2.13. The third-order valence-electron chi connectivity index (χ3n) is 3.70. The molecule has 0 aliphatic carbocycles. The van der Waals surface area contributed by atoms with Crippen molar-refractivity contribution in [1.29, 1.82) is 0 Å². The van der Waals surface area contributed by atoms with E-state index in [0.29, 0.717) is 4.77 Å². The number of nitrogens with one attached hydrogen (secondary N) is 1. The Bertz CT molecular complexity index is 792. The number of imidazole rings is 1. The molecule has 0 saturated carbocycles. The van der Waals surface area contributed by atoms with Crippen molar-refractivity contribution in [3.63, 3.8) is 0 Å². The van der Waals surface area contributed by atoms with Gasteiger partial charge in [0.1, 0.15) is 0 Å². The van der Waals surface area contributed by atoms with Crippen molar-refractivity contribution in [1.82, 2.24) is 9.55 Å². The maximum atomic E-state index is 5.44. The van der Waals surface area contributed by atoms with E-state index in [-0.39, 0.29) is 0 Å². The summed E-state index contributed by atoms with van der Waals surface area (Å²) in [6.07, 6.45) is 3.12. The van der Waals surface area contributed by atoms with E-state index in [2.05, 4.69) is 73.6 Å². The molecule has 1 aromatic heterocycles. The van der Waals surface area contributed by atoms with Crippen LogP contribution in [0.15, 0.2) is 54.7 Å². The van der Waals surface area contributed by atoms with Gasteiger partial charge in [-0.25, -0.2) is 0 Å². The Labute approximate surface area is 130 Å². The van der Waals surface area contributed by atoms with Crippen molar-refractivity contribution < 1.29 is 0 Å². The van der Waals surface area contributed by atoms with Crippen molar-refractivity contribution in [3.05, 3.63) is 70.6 Å². The number of aromatic amines is 1. The molecule has 21 heavy (non-hydrogen) atoms. The maximum Gasteiger partial charge on any atom is 0.182 e. The number of benzene rings is 2. The zero-order valence-electron chi connectivity index (χ0n) is 12.3. The zero-order chi connectivity index (χ0) is 14.8. The number of nitrogens with zero attached hydrogens (tertiary/aromatic N) is 1. The van der Waals surface area contributed by atoms with Gasteiger partial charge in [0, 0.05) is 11.9 Å². The zero-order valence-corrected chi connectivity index (χ0v) is 13.1. The van der Waals surface area contributed by atoms with Gasteiger partial charge in [-0.3, -0.25) is 4.57 Å². The van der Waals surface area contributed by atoms with Gasteiger partial charge in [0.15, 0.2) is 4.77 Å². The largest absolute Gasteiger partial charge is 0.330 e. The quantitative estimate of drug-likeness (QED) is 0.669. The molecule has 0 bridgehead atoms. The first-order chi connectivity index (χ1) is 10.2. The van der Waals surface area contributed by atoms with E-state index in [1.807, 2.05) is 4.57 Å². The molecule has 3 rings (SSSR count). The molecule has 0 aliphatic rings. The molecule has 0 fully saturated rings. The van der Waals surface area contributed by atoms with Crippen LogP contribution in [0.25, 0.3) is 16.9 Å². The SMILES string of the molecule is CCc1ccc(-c2cn(-c3ccc(C)cc3)c(=S)[nH]2)cc1. The van der Waals surface area contributed by atoms with Crippen LogP contribution in [-0.4, -0.2) is 9.55 Å². The molecule has 0 radical (unpaired) electrons. The molecule has 3 aromatic rings. The minimum Gasteiger partial charge on any atom is -0.330 e. The van der Waals surface area contributed by atoms with Crippen molar-refractivity contribution in [3.8, 4) is 16.9 Å². The van der Waals surface area contributed by atoms with Gasteiger partial charge >= 0.3 is 0 Å². The van der Waals surface area contributed by atoms with E-state index in [0.717, 1.165) is 23.4 Å². The van der Waals surface area contributed by atoms with Gasteiger partial charge < -0.3 is 4.98 Å². The van der Waals surface area contributed by atoms with Gasteiger partial charge in [-0.15, -0.1) is 0 Å². The Morgan fingerprint density at radius 2 is 1.67 bits per heavy atom. The second-order valence-electron chi connectivity index (χ2n) is 5.23. The Morgan fingerprint density at radius 3 is 2.29 bits per heavy atom. The predicted octanol–water partition coefficient (Wildman–Crippen LogP) is 5.07. The lowest BCUT2D eigenvalue weighted by atomic mass is 10.1. The predicted molar refractivity (Wildman–Crippen MR) is 90.5 cm³/mol. The molecule has 2 nitrogen and oxygen atoms in total. The Kier molecular flexibility index (Phi) is 3.76. The summed E-state index contributed by atoms with van der Waals surface area (Å²) in [4.78, 5) is 3.29. The van der Waals surface area contributed by atoms with E-state index >= 15 is 0 Å². The molecular weight excluding hydrogens is 276 g/mol. The highest BCUT2D eigenvalue weighted by atomic mass is 32.1. The fourth-order valence-corrected chi connectivity index (χ4v) is 2.63. The van der Waals surface area contributed by atoms with Crippen LogP contribution in [0, 0.1) is 11.7 Å². The van der Waals surface area contributed by atoms with Gasteiger partial charge in [-0.1, -0.05) is 48.9 Å². The summed E-state index contributed by atoms with van der Waals surface area (Å²) < 4.78 is 2.73. The summed E-state index contributed by atoms with van der Waals surface area (Å²) in [5.74, 6) is 0. The summed E-state index contributed by atoms with van der Waals surface area (Å²) in [6.45, 7) is 4.25. The van der Waals surface area contributed by atoms with Crippen molar-refractivity contribution in [2.24, 2.45) is 0 Å². The second kappa shape index (κ2) is 5.70. The number of hydrogen-bond donors (Lipinski definition) is 1. The van der Waals surface area contributed by atoms with Crippen LogP contribution in [0.1, 0.15) is 18.1 Å². The van der Waals surface area contributed by atoms with Gasteiger partial charge in [-0.2, -0.15) is 0 Å². The van der Waals surface area contributed by atoms with Gasteiger partial charge in [-0.05, 0) is 48.8 Å². The van der Waals surface area contributed by atoms with Crippen LogP contribution in [-0.2, 0) is 6.42 Å². The van der Waals surface area contributed by atoms with Crippen LogP contribution < -0.4 is 0 Å². The lowest BCUT2D eigenvalue weighted by Gasteiger charge is -2.02. The van der Waals surface area contributed by atoms with E-state index in [4.69, 9.17) is 12.2 Å². The van der Waals surface area contributed by atoms with Crippen LogP contribution in [0.5, 0.6) is 0 Å². The first-order valence-corrected chi connectivity index (χ1v) is 7.56. The molecule has 1 heterocycles. The standard InChI is InChI=1S/C18H18N2S/c1-3-14-6-8-15(9-7-14)17-12-20(18(21)19-17)16-10-4-13(2)5-11-16/h4-12H,3H2,1-2H3,(H,19,21). The fourth-order valence-electron chi connectivity index (χ4n) is 2.36. The normalized spacial score (nSPS) is 10.8. The monoisotopic (exact) mass is 294 g/mol. The summed E-state index contributed by atoms with van der Waals surface area (Å²) in [5, 5.41) is 0. The van der Waals surface area contributed by atoms with Gasteiger partial charge in [0.25, 0.3) is 0 Å². The molecule has 1 N–H and O–H groups in total. The summed E-state index contributed by atoms with van der Waals surface area (Å²) in [6, 6.07) is 17.0. The lowest BCUT2D eigenvalue weighted by Crippen LogP contribution is -1.91. The summed E-state index contributed by atoms with van der Waals surface area (Å²) in [5.41, 5.74) is 5.87. The van der Waals surface area contributed by atoms with E-state index in [1.165, 1.54) is 11.1 Å². The molecule has 3 heteroatoms. The first kappa shape index (κ1) is 13.8. The second-order valence-corrected chi connectivity index (χ2v) is 5.62. The number of rotatable bonds is 3. The topological polar surface area (TPSA) is 20.7 Å². The first-order valence-electron chi connectivity index (χ1n) is 7.15. The van der Waals surface area contributed by atoms with Crippen LogP contribution >= 0.6 is 12.2 Å². The van der Waals surface area contributed by atoms with Gasteiger partial charge in [0.2, 0.25) is 0 Å². The molecule has 0 atom stereocenters. The average Bonchev–Trinajstić information content (AvgIpc) is 2.90. The van der Waals surface area contributed by atoms with Crippen LogP contribution in [0.2, 0.25) is 0 Å². The molecule has 0 aliphatic heterocycles. The fraction of sp³-hybridized carbons (Fsp3) is 0.167. The Balaban J connectivity index is 2.00.